The van der Waals surface area contributed by atoms with Crippen LogP contribution in [0.5, 0.6) is 5.75 Å². The van der Waals surface area contributed by atoms with Gasteiger partial charge in [-0.05, 0) is 49.1 Å². The van der Waals surface area contributed by atoms with E-state index >= 15 is 0 Å². The number of nitrogens with zero attached hydrogens (tertiary/aromatic N) is 1. The van der Waals surface area contributed by atoms with E-state index in [2.05, 4.69) is 21.3 Å². The normalized spacial score (nSPS) is 21.7. The molecule has 0 aliphatic carbocycles. The number of ether oxygens (including phenoxy) is 2. The number of nitrogens with one attached hydrogen (secondary N) is 1. The Morgan fingerprint density at radius 1 is 1.29 bits per heavy atom. The second-order valence-electron chi connectivity index (χ2n) is 6.83. The third-order valence-electron chi connectivity index (χ3n) is 4.46. The van der Waals surface area contributed by atoms with E-state index in [9.17, 15) is 8.78 Å². The van der Waals surface area contributed by atoms with Crippen LogP contribution < -0.4 is 10.1 Å². The number of hydrogen-bond acceptors (Lipinski definition) is 5. The number of alkyl halides is 2. The highest BCUT2D eigenvalue weighted by atomic mass is 32.2. The first-order valence-corrected chi connectivity index (χ1v) is 9.09. The molecule has 134 valence electrons. The van der Waals surface area contributed by atoms with Crippen LogP contribution in [0.15, 0.2) is 29.2 Å². The summed E-state index contributed by atoms with van der Waals surface area (Å²) < 4.78 is 36.3. The Morgan fingerprint density at radius 2 is 1.96 bits per heavy atom. The first-order chi connectivity index (χ1) is 11.5. The topological polar surface area (TPSA) is 33.7 Å². The van der Waals surface area contributed by atoms with Crippen LogP contribution in [0.1, 0.15) is 19.8 Å². The molecule has 0 unspecified atom stereocenters. The van der Waals surface area contributed by atoms with Crippen molar-refractivity contribution < 1.29 is 18.3 Å². The summed E-state index contributed by atoms with van der Waals surface area (Å²) >= 11 is 1.68. The highest BCUT2D eigenvalue weighted by molar-refractivity contribution is 7.97. The lowest BCUT2D eigenvalue weighted by atomic mass is 9.88. The first-order valence-electron chi connectivity index (χ1n) is 8.31. The molecule has 2 aliphatic rings. The van der Waals surface area contributed by atoms with Gasteiger partial charge in [-0.25, -0.2) is 4.31 Å². The highest BCUT2D eigenvalue weighted by Crippen LogP contribution is 2.29. The minimum absolute atomic E-state index is 0.200. The van der Waals surface area contributed by atoms with Crippen LogP contribution in [0.25, 0.3) is 0 Å². The van der Waals surface area contributed by atoms with Crippen molar-refractivity contribution in [2.45, 2.75) is 37.3 Å². The van der Waals surface area contributed by atoms with Crippen molar-refractivity contribution in [1.29, 1.82) is 0 Å². The van der Waals surface area contributed by atoms with Gasteiger partial charge in [0.25, 0.3) is 0 Å². The Bertz CT molecular complexity index is 518. The highest BCUT2D eigenvalue weighted by Gasteiger charge is 2.34. The molecule has 0 amide bonds. The van der Waals surface area contributed by atoms with Gasteiger partial charge in [-0.1, -0.05) is 6.92 Å². The molecule has 1 aromatic carbocycles. The van der Waals surface area contributed by atoms with Gasteiger partial charge >= 0.3 is 6.61 Å². The molecule has 7 heteroatoms. The third kappa shape index (κ3) is 5.05. The molecule has 0 spiro atoms. The lowest BCUT2D eigenvalue weighted by molar-refractivity contribution is -0.100. The Morgan fingerprint density at radius 3 is 2.50 bits per heavy atom. The monoisotopic (exact) mass is 358 g/mol. The number of rotatable bonds is 7. The average Bonchev–Trinajstić information content (AvgIpc) is 2.54. The molecule has 0 atom stereocenters. The fraction of sp³-hybridized carbons (Fsp3) is 0.647. The molecular weight excluding hydrogens is 334 g/mol. The SMILES string of the molecule is CC1(CNC2CCN(Sc3ccc(OC(F)F)cc3)CC2)COC1. The Hall–Kier alpha value is -0.890. The van der Waals surface area contributed by atoms with Gasteiger partial charge in [0.05, 0.1) is 13.2 Å². The van der Waals surface area contributed by atoms with E-state index in [1.165, 1.54) is 0 Å². The molecule has 0 aromatic heterocycles. The molecular formula is C17H24F2N2O2S. The van der Waals surface area contributed by atoms with Gasteiger partial charge in [0.2, 0.25) is 0 Å². The summed E-state index contributed by atoms with van der Waals surface area (Å²) in [5.74, 6) is 0.200. The zero-order valence-electron chi connectivity index (χ0n) is 13.8. The second-order valence-corrected chi connectivity index (χ2v) is 8.00. The zero-order valence-corrected chi connectivity index (χ0v) is 14.7. The van der Waals surface area contributed by atoms with Crippen molar-refractivity contribution in [1.82, 2.24) is 9.62 Å². The predicted molar refractivity (Wildman–Crippen MR) is 90.5 cm³/mol. The molecule has 0 bridgehead atoms. The number of benzene rings is 1. The van der Waals surface area contributed by atoms with Crippen molar-refractivity contribution in [2.75, 3.05) is 32.8 Å². The molecule has 24 heavy (non-hydrogen) atoms. The third-order valence-corrected chi connectivity index (χ3v) is 5.56. The van der Waals surface area contributed by atoms with Crippen LogP contribution in [0.2, 0.25) is 0 Å². The van der Waals surface area contributed by atoms with Crippen molar-refractivity contribution in [3.05, 3.63) is 24.3 Å². The van der Waals surface area contributed by atoms with Gasteiger partial charge in [0.1, 0.15) is 5.75 Å². The Kier molecular flexibility index (Phi) is 5.97. The quantitative estimate of drug-likeness (QED) is 0.756. The van der Waals surface area contributed by atoms with Crippen LogP contribution >= 0.6 is 11.9 Å². The van der Waals surface area contributed by atoms with E-state index in [0.29, 0.717) is 11.5 Å². The summed E-state index contributed by atoms with van der Waals surface area (Å²) in [4.78, 5) is 1.04. The number of piperidine rings is 1. The maximum Gasteiger partial charge on any atom is 0.387 e. The van der Waals surface area contributed by atoms with E-state index in [-0.39, 0.29) is 5.75 Å². The molecule has 2 saturated heterocycles. The van der Waals surface area contributed by atoms with Crippen molar-refractivity contribution in [3.8, 4) is 5.75 Å². The van der Waals surface area contributed by atoms with Crippen LogP contribution in [0.4, 0.5) is 8.78 Å². The van der Waals surface area contributed by atoms with Crippen molar-refractivity contribution in [3.63, 3.8) is 0 Å². The van der Waals surface area contributed by atoms with Gasteiger partial charge < -0.3 is 14.8 Å². The molecule has 3 rings (SSSR count). The van der Waals surface area contributed by atoms with Crippen LogP contribution in [0.3, 0.4) is 0 Å². The van der Waals surface area contributed by atoms with Gasteiger partial charge in [-0.3, -0.25) is 0 Å². The second kappa shape index (κ2) is 7.99. The largest absolute Gasteiger partial charge is 0.435 e. The maximum atomic E-state index is 12.1. The van der Waals surface area contributed by atoms with Crippen molar-refractivity contribution >= 4 is 11.9 Å². The minimum Gasteiger partial charge on any atom is -0.435 e. The minimum atomic E-state index is -2.77. The Labute approximate surface area is 146 Å². The smallest absolute Gasteiger partial charge is 0.387 e. The molecule has 0 saturated carbocycles. The molecule has 4 nitrogen and oxygen atoms in total. The summed E-state index contributed by atoms with van der Waals surface area (Å²) in [5, 5.41) is 3.67. The molecule has 2 heterocycles. The van der Waals surface area contributed by atoms with E-state index in [1.54, 1.807) is 24.1 Å². The average molecular weight is 358 g/mol. The van der Waals surface area contributed by atoms with E-state index in [0.717, 1.165) is 50.6 Å². The standard InChI is InChI=1S/C17H24F2N2O2S/c1-17(11-22-12-17)10-20-13-6-8-21(9-7-13)24-15-4-2-14(3-5-15)23-16(18)19/h2-5,13,16,20H,6-12H2,1H3. The summed E-state index contributed by atoms with van der Waals surface area (Å²) in [7, 11) is 0. The predicted octanol–water partition coefficient (Wildman–Crippen LogP) is 3.39. The fourth-order valence-electron chi connectivity index (χ4n) is 2.93. The summed E-state index contributed by atoms with van der Waals surface area (Å²) in [5.41, 5.74) is 0.313. The Balaban J connectivity index is 1.38. The van der Waals surface area contributed by atoms with Gasteiger partial charge in [-0.2, -0.15) is 8.78 Å². The summed E-state index contributed by atoms with van der Waals surface area (Å²) in [6.07, 6.45) is 2.24. The van der Waals surface area contributed by atoms with Gasteiger partial charge in [-0.15, -0.1) is 0 Å². The number of halogens is 2. The summed E-state index contributed by atoms with van der Waals surface area (Å²) in [6, 6.07) is 7.39. The lowest BCUT2D eigenvalue weighted by Crippen LogP contribution is -2.51. The molecule has 2 aliphatic heterocycles. The van der Waals surface area contributed by atoms with E-state index in [4.69, 9.17) is 4.74 Å². The molecule has 2 fully saturated rings. The lowest BCUT2D eigenvalue weighted by Gasteiger charge is -2.40. The van der Waals surface area contributed by atoms with Crippen molar-refractivity contribution in [2.24, 2.45) is 5.41 Å². The van der Waals surface area contributed by atoms with Crippen LogP contribution in [-0.4, -0.2) is 49.8 Å². The molecule has 0 radical (unpaired) electrons. The number of hydrogen-bond donors (Lipinski definition) is 1. The van der Waals surface area contributed by atoms with Gasteiger partial charge in [0, 0.05) is 36.0 Å². The molecule has 1 N–H and O–H groups in total. The van der Waals surface area contributed by atoms with Crippen LogP contribution in [0, 0.1) is 5.41 Å². The fourth-order valence-corrected chi connectivity index (χ4v) is 3.87. The van der Waals surface area contributed by atoms with Crippen LogP contribution in [-0.2, 0) is 4.74 Å². The first kappa shape index (κ1) is 17.9. The zero-order chi connectivity index (χ0) is 17.0. The van der Waals surface area contributed by atoms with E-state index < -0.39 is 6.61 Å². The maximum absolute atomic E-state index is 12.1. The van der Waals surface area contributed by atoms with E-state index in [1.807, 2.05) is 12.1 Å². The van der Waals surface area contributed by atoms with Gasteiger partial charge in [0.15, 0.2) is 0 Å². The summed E-state index contributed by atoms with van der Waals surface area (Å²) in [6.45, 7) is 4.27. The molecule has 1 aromatic rings.